The minimum Gasteiger partial charge on any atom is -0.311 e. The molecule has 6 heteroatoms. The van der Waals surface area contributed by atoms with Gasteiger partial charge in [-0.3, -0.25) is 9.48 Å². The molecule has 0 unspecified atom stereocenters. The fourth-order valence-corrected chi connectivity index (χ4v) is 3.79. The number of carbonyl (C=O) groups excluding carboxylic acids is 1. The second-order valence-electron chi connectivity index (χ2n) is 6.96. The minimum atomic E-state index is -0.0925. The van der Waals surface area contributed by atoms with Gasteiger partial charge in [-0.05, 0) is 12.1 Å². The molecule has 0 bridgehead atoms. The number of nitrogens with one attached hydrogen (secondary N) is 1. The highest BCUT2D eigenvalue weighted by Gasteiger charge is 2.32. The zero-order valence-corrected chi connectivity index (χ0v) is 15.4. The molecule has 138 valence electrons. The first-order valence-corrected chi connectivity index (χ1v) is 9.23. The summed E-state index contributed by atoms with van der Waals surface area (Å²) < 4.78 is 3.60. The number of para-hydroxylation sites is 1. The van der Waals surface area contributed by atoms with Crippen LogP contribution in [0.4, 0.5) is 5.82 Å². The molecular formula is C22H19N5O. The summed E-state index contributed by atoms with van der Waals surface area (Å²) >= 11 is 0. The summed E-state index contributed by atoms with van der Waals surface area (Å²) in [5.74, 6) is 0.658. The second kappa shape index (κ2) is 6.49. The molecule has 0 aliphatic carbocycles. The van der Waals surface area contributed by atoms with Crippen molar-refractivity contribution in [3.8, 4) is 16.9 Å². The van der Waals surface area contributed by atoms with Crippen LogP contribution in [0.5, 0.6) is 0 Å². The van der Waals surface area contributed by atoms with Crippen LogP contribution in [-0.2, 0) is 11.8 Å². The Balaban J connectivity index is 1.71. The molecular weight excluding hydrogens is 350 g/mol. The molecule has 5 rings (SSSR count). The van der Waals surface area contributed by atoms with Crippen LogP contribution in [-0.4, -0.2) is 25.5 Å². The number of rotatable bonds is 3. The molecule has 0 spiro atoms. The Morgan fingerprint density at radius 3 is 2.46 bits per heavy atom. The lowest BCUT2D eigenvalue weighted by Gasteiger charge is -2.23. The molecule has 0 radical (unpaired) electrons. The molecule has 1 amide bonds. The quantitative estimate of drug-likeness (QED) is 0.598. The van der Waals surface area contributed by atoms with Crippen LogP contribution < -0.4 is 5.32 Å². The van der Waals surface area contributed by atoms with Crippen LogP contribution >= 0.6 is 0 Å². The molecule has 28 heavy (non-hydrogen) atoms. The van der Waals surface area contributed by atoms with E-state index in [0.29, 0.717) is 6.42 Å². The van der Waals surface area contributed by atoms with Gasteiger partial charge in [0.2, 0.25) is 5.91 Å². The Hall–Kier alpha value is -3.67. The number of nitrogens with zero attached hydrogens (tertiary/aromatic N) is 4. The van der Waals surface area contributed by atoms with Crippen molar-refractivity contribution in [1.82, 2.24) is 19.6 Å². The lowest BCUT2D eigenvalue weighted by Crippen LogP contribution is -2.24. The first-order valence-electron chi connectivity index (χ1n) is 9.23. The number of aryl methyl sites for hydroxylation is 1. The second-order valence-corrected chi connectivity index (χ2v) is 6.96. The van der Waals surface area contributed by atoms with Crippen molar-refractivity contribution >= 4 is 11.7 Å². The van der Waals surface area contributed by atoms with Gasteiger partial charge in [0.1, 0.15) is 5.82 Å². The number of benzene rings is 2. The van der Waals surface area contributed by atoms with Gasteiger partial charge < -0.3 is 5.32 Å². The Kier molecular flexibility index (Phi) is 3.83. The average molecular weight is 369 g/mol. The van der Waals surface area contributed by atoms with Crippen LogP contribution in [0.2, 0.25) is 0 Å². The Morgan fingerprint density at radius 1 is 1.00 bits per heavy atom. The van der Waals surface area contributed by atoms with Crippen molar-refractivity contribution in [3.63, 3.8) is 0 Å². The standard InChI is InChI=1S/C22H19N5O/c1-26-22-18(13-23-26)17(12-20(28)24-22)19-14-27(16-10-6-3-7-11-16)25-21(19)15-8-4-2-5-9-15/h2-11,13-14,17H,12H2,1H3,(H,24,28)/t17-/m1/s1. The van der Waals surface area contributed by atoms with Gasteiger partial charge >= 0.3 is 0 Å². The monoisotopic (exact) mass is 369 g/mol. The van der Waals surface area contributed by atoms with E-state index in [2.05, 4.69) is 10.4 Å². The summed E-state index contributed by atoms with van der Waals surface area (Å²) in [7, 11) is 1.84. The van der Waals surface area contributed by atoms with E-state index in [1.807, 2.05) is 84.8 Å². The number of aromatic nitrogens is 4. The van der Waals surface area contributed by atoms with Crippen molar-refractivity contribution in [2.75, 3.05) is 5.32 Å². The number of hydrogen-bond donors (Lipinski definition) is 1. The maximum Gasteiger partial charge on any atom is 0.226 e. The van der Waals surface area contributed by atoms with Gasteiger partial charge in [-0.25, -0.2) is 4.68 Å². The predicted octanol–water partition coefficient (Wildman–Crippen LogP) is 3.75. The maximum absolute atomic E-state index is 12.4. The van der Waals surface area contributed by atoms with Crippen molar-refractivity contribution < 1.29 is 4.79 Å². The molecule has 1 aliphatic rings. The van der Waals surface area contributed by atoms with Crippen molar-refractivity contribution in [1.29, 1.82) is 0 Å². The number of hydrogen-bond acceptors (Lipinski definition) is 3. The third-order valence-corrected chi connectivity index (χ3v) is 5.18. The number of amides is 1. The molecule has 0 saturated heterocycles. The number of fused-ring (bicyclic) bond motifs is 1. The maximum atomic E-state index is 12.4. The Morgan fingerprint density at radius 2 is 1.71 bits per heavy atom. The molecule has 2 aromatic heterocycles. The largest absolute Gasteiger partial charge is 0.311 e. The summed E-state index contributed by atoms with van der Waals surface area (Å²) in [5.41, 5.74) is 4.95. The van der Waals surface area contributed by atoms with E-state index in [1.165, 1.54) is 0 Å². The van der Waals surface area contributed by atoms with E-state index in [0.717, 1.165) is 33.9 Å². The van der Waals surface area contributed by atoms with Gasteiger partial charge in [0.05, 0.1) is 17.6 Å². The van der Waals surface area contributed by atoms with Gasteiger partial charge in [0.15, 0.2) is 0 Å². The summed E-state index contributed by atoms with van der Waals surface area (Å²) in [6, 6.07) is 20.1. The van der Waals surface area contributed by atoms with Gasteiger partial charge in [-0.1, -0.05) is 48.5 Å². The summed E-state index contributed by atoms with van der Waals surface area (Å²) in [6.07, 6.45) is 4.25. The van der Waals surface area contributed by atoms with Gasteiger partial charge in [0.25, 0.3) is 0 Å². The molecule has 0 fully saturated rings. The first kappa shape index (κ1) is 16.5. The van der Waals surface area contributed by atoms with Crippen LogP contribution in [0.3, 0.4) is 0 Å². The lowest BCUT2D eigenvalue weighted by atomic mass is 9.86. The first-order chi connectivity index (χ1) is 13.7. The number of anilines is 1. The van der Waals surface area contributed by atoms with E-state index in [-0.39, 0.29) is 11.8 Å². The fraction of sp³-hybridized carbons (Fsp3) is 0.136. The highest BCUT2D eigenvalue weighted by Crippen LogP contribution is 2.40. The average Bonchev–Trinajstić information content (AvgIpc) is 3.34. The van der Waals surface area contributed by atoms with Gasteiger partial charge in [0, 0.05) is 42.3 Å². The fourth-order valence-electron chi connectivity index (χ4n) is 3.79. The summed E-state index contributed by atoms with van der Waals surface area (Å²) in [6.45, 7) is 0. The molecule has 0 saturated carbocycles. The highest BCUT2D eigenvalue weighted by molar-refractivity contribution is 5.94. The van der Waals surface area contributed by atoms with Crippen LogP contribution in [0.1, 0.15) is 23.5 Å². The van der Waals surface area contributed by atoms with E-state index >= 15 is 0 Å². The molecule has 6 nitrogen and oxygen atoms in total. The smallest absolute Gasteiger partial charge is 0.226 e. The molecule has 4 aromatic rings. The highest BCUT2D eigenvalue weighted by atomic mass is 16.1. The van der Waals surface area contributed by atoms with Crippen LogP contribution in [0.15, 0.2) is 73.1 Å². The Bertz CT molecular complexity index is 1140. The third-order valence-electron chi connectivity index (χ3n) is 5.18. The molecule has 1 aliphatic heterocycles. The summed E-state index contributed by atoms with van der Waals surface area (Å²) in [4.78, 5) is 12.4. The summed E-state index contributed by atoms with van der Waals surface area (Å²) in [5, 5.41) is 12.2. The molecule has 2 aromatic carbocycles. The van der Waals surface area contributed by atoms with Crippen molar-refractivity contribution in [3.05, 3.63) is 84.2 Å². The predicted molar refractivity (Wildman–Crippen MR) is 107 cm³/mol. The van der Waals surface area contributed by atoms with E-state index in [1.54, 1.807) is 4.68 Å². The topological polar surface area (TPSA) is 64.7 Å². The lowest BCUT2D eigenvalue weighted by molar-refractivity contribution is -0.116. The third kappa shape index (κ3) is 2.70. The molecule has 1 N–H and O–H groups in total. The van der Waals surface area contributed by atoms with Crippen LogP contribution in [0, 0.1) is 0 Å². The van der Waals surface area contributed by atoms with Crippen molar-refractivity contribution in [2.24, 2.45) is 7.05 Å². The van der Waals surface area contributed by atoms with E-state index in [9.17, 15) is 4.79 Å². The zero-order chi connectivity index (χ0) is 19.1. The van der Waals surface area contributed by atoms with Gasteiger partial charge in [-0.2, -0.15) is 10.2 Å². The zero-order valence-electron chi connectivity index (χ0n) is 15.4. The SMILES string of the molecule is Cn1ncc2c1NC(=O)C[C@H]2c1cn(-c2ccccc2)nc1-c1ccccc1. The van der Waals surface area contributed by atoms with Crippen molar-refractivity contribution in [2.45, 2.75) is 12.3 Å². The molecule has 3 heterocycles. The number of carbonyl (C=O) groups is 1. The Labute approximate surface area is 162 Å². The van der Waals surface area contributed by atoms with Gasteiger partial charge in [-0.15, -0.1) is 0 Å². The molecule has 1 atom stereocenters. The van der Waals surface area contributed by atoms with Crippen LogP contribution in [0.25, 0.3) is 16.9 Å². The normalized spacial score (nSPS) is 15.9. The van der Waals surface area contributed by atoms with E-state index < -0.39 is 0 Å². The van der Waals surface area contributed by atoms with E-state index in [4.69, 9.17) is 5.10 Å². The minimum absolute atomic E-state index is 0.00688.